The van der Waals surface area contributed by atoms with Gasteiger partial charge in [-0.1, -0.05) is 15.9 Å². The highest BCUT2D eigenvalue weighted by molar-refractivity contribution is 9.09. The van der Waals surface area contributed by atoms with E-state index in [4.69, 9.17) is 9.47 Å². The van der Waals surface area contributed by atoms with Crippen LogP contribution in [0.1, 0.15) is 19.8 Å². The van der Waals surface area contributed by atoms with Crippen LogP contribution in [-0.4, -0.2) is 30.6 Å². The number of rotatable bonds is 3. The maximum atomic E-state index is 11.4. The molecule has 0 aliphatic heterocycles. The Balaban J connectivity index is 2.43. The predicted molar refractivity (Wildman–Crippen MR) is 52.9 cm³/mol. The van der Waals surface area contributed by atoms with E-state index in [-0.39, 0.29) is 22.8 Å². The van der Waals surface area contributed by atoms with Crippen LogP contribution in [0.25, 0.3) is 0 Å². The van der Waals surface area contributed by atoms with Crippen molar-refractivity contribution in [3.63, 3.8) is 0 Å². The molecule has 3 unspecified atom stereocenters. The Morgan fingerprint density at radius 1 is 1.54 bits per heavy atom. The molecule has 3 nitrogen and oxygen atoms in total. The van der Waals surface area contributed by atoms with Gasteiger partial charge >= 0.3 is 5.97 Å². The van der Waals surface area contributed by atoms with E-state index in [0.717, 1.165) is 12.8 Å². The molecule has 1 fully saturated rings. The van der Waals surface area contributed by atoms with Crippen LogP contribution >= 0.6 is 15.9 Å². The molecule has 1 rings (SSSR count). The zero-order chi connectivity index (χ0) is 9.84. The van der Waals surface area contributed by atoms with Crippen molar-refractivity contribution in [2.45, 2.75) is 30.7 Å². The molecule has 1 aliphatic carbocycles. The summed E-state index contributed by atoms with van der Waals surface area (Å²) in [6.07, 6.45) is 1.73. The largest absolute Gasteiger partial charge is 0.466 e. The number of alkyl halides is 1. The van der Waals surface area contributed by atoms with Gasteiger partial charge in [0.1, 0.15) is 0 Å². The van der Waals surface area contributed by atoms with Gasteiger partial charge in [-0.2, -0.15) is 0 Å². The number of methoxy groups -OCH3 is 1. The standard InChI is InChI=1S/C9H15BrO3/c1-3-13-9(11)6-4-7(10)8(5-6)12-2/h6-8H,3-5H2,1-2H3. The molecule has 13 heavy (non-hydrogen) atoms. The minimum Gasteiger partial charge on any atom is -0.466 e. The summed E-state index contributed by atoms with van der Waals surface area (Å²) in [4.78, 5) is 11.6. The lowest BCUT2D eigenvalue weighted by molar-refractivity contribution is -0.148. The van der Waals surface area contributed by atoms with Crippen molar-refractivity contribution in [3.05, 3.63) is 0 Å². The van der Waals surface area contributed by atoms with Gasteiger partial charge in [-0.25, -0.2) is 0 Å². The van der Waals surface area contributed by atoms with E-state index >= 15 is 0 Å². The maximum absolute atomic E-state index is 11.4. The SMILES string of the molecule is CCOC(=O)C1CC(Br)C(OC)C1. The highest BCUT2D eigenvalue weighted by atomic mass is 79.9. The third-order valence-corrected chi connectivity index (χ3v) is 3.32. The van der Waals surface area contributed by atoms with Crippen LogP contribution in [0.3, 0.4) is 0 Å². The third kappa shape index (κ3) is 2.68. The average Bonchev–Trinajstić information content (AvgIpc) is 2.47. The Bertz CT molecular complexity index is 184. The van der Waals surface area contributed by atoms with E-state index in [1.165, 1.54) is 0 Å². The highest BCUT2D eigenvalue weighted by Gasteiger charge is 2.37. The van der Waals surface area contributed by atoms with Crippen molar-refractivity contribution in [1.82, 2.24) is 0 Å². The molecule has 1 saturated carbocycles. The molecule has 0 spiro atoms. The fourth-order valence-electron chi connectivity index (χ4n) is 1.64. The molecule has 0 saturated heterocycles. The molecule has 0 heterocycles. The lowest BCUT2D eigenvalue weighted by Gasteiger charge is -2.10. The van der Waals surface area contributed by atoms with Crippen LogP contribution in [0.2, 0.25) is 0 Å². The summed E-state index contributed by atoms with van der Waals surface area (Å²) >= 11 is 3.49. The van der Waals surface area contributed by atoms with Crippen LogP contribution in [0.15, 0.2) is 0 Å². The molecule has 0 bridgehead atoms. The molecule has 0 amide bonds. The Morgan fingerprint density at radius 2 is 2.23 bits per heavy atom. The Labute approximate surface area is 86.9 Å². The number of ether oxygens (including phenoxy) is 2. The molecule has 0 N–H and O–H groups in total. The Kier molecular flexibility index (Phi) is 4.19. The summed E-state index contributed by atoms with van der Waals surface area (Å²) in [5.41, 5.74) is 0. The summed E-state index contributed by atoms with van der Waals surface area (Å²) in [5.74, 6) is -0.0826. The average molecular weight is 251 g/mol. The van der Waals surface area contributed by atoms with Gasteiger partial charge < -0.3 is 9.47 Å². The molecule has 0 aromatic rings. The number of hydrogen-bond donors (Lipinski definition) is 0. The summed E-state index contributed by atoms with van der Waals surface area (Å²) in [6, 6.07) is 0. The quantitative estimate of drug-likeness (QED) is 0.566. The Morgan fingerprint density at radius 3 is 2.69 bits per heavy atom. The first kappa shape index (κ1) is 11.0. The number of esters is 1. The molecule has 4 heteroatoms. The van der Waals surface area contributed by atoms with Crippen LogP contribution in [0, 0.1) is 5.92 Å². The number of hydrogen-bond acceptors (Lipinski definition) is 3. The fraction of sp³-hybridized carbons (Fsp3) is 0.889. The molecule has 0 aromatic heterocycles. The lowest BCUT2D eigenvalue weighted by atomic mass is 10.1. The maximum Gasteiger partial charge on any atom is 0.309 e. The van der Waals surface area contributed by atoms with Crippen LogP contribution in [0.5, 0.6) is 0 Å². The van der Waals surface area contributed by atoms with Crippen molar-refractivity contribution in [3.8, 4) is 0 Å². The van der Waals surface area contributed by atoms with Gasteiger partial charge in [0.15, 0.2) is 0 Å². The molecule has 3 atom stereocenters. The smallest absolute Gasteiger partial charge is 0.309 e. The second-order valence-electron chi connectivity index (χ2n) is 3.21. The third-order valence-electron chi connectivity index (χ3n) is 2.35. The molecular formula is C9H15BrO3. The summed E-state index contributed by atoms with van der Waals surface area (Å²) < 4.78 is 10.2. The van der Waals surface area contributed by atoms with E-state index in [9.17, 15) is 4.79 Å². The normalized spacial score (nSPS) is 33.3. The van der Waals surface area contributed by atoms with Gasteiger partial charge in [0.2, 0.25) is 0 Å². The predicted octanol–water partition coefficient (Wildman–Crippen LogP) is 1.74. The van der Waals surface area contributed by atoms with Gasteiger partial charge in [0.25, 0.3) is 0 Å². The summed E-state index contributed by atoms with van der Waals surface area (Å²) in [7, 11) is 1.67. The van der Waals surface area contributed by atoms with E-state index < -0.39 is 0 Å². The molecule has 76 valence electrons. The van der Waals surface area contributed by atoms with Crippen molar-refractivity contribution in [2.24, 2.45) is 5.92 Å². The first-order valence-electron chi connectivity index (χ1n) is 4.52. The van der Waals surface area contributed by atoms with Gasteiger partial charge in [-0.15, -0.1) is 0 Å². The van der Waals surface area contributed by atoms with Gasteiger partial charge in [0.05, 0.1) is 18.6 Å². The van der Waals surface area contributed by atoms with Crippen LogP contribution in [0.4, 0.5) is 0 Å². The van der Waals surface area contributed by atoms with E-state index in [0.29, 0.717) is 6.61 Å². The van der Waals surface area contributed by atoms with Crippen molar-refractivity contribution >= 4 is 21.9 Å². The monoisotopic (exact) mass is 250 g/mol. The zero-order valence-electron chi connectivity index (χ0n) is 7.96. The first-order chi connectivity index (χ1) is 6.19. The van der Waals surface area contributed by atoms with Crippen molar-refractivity contribution in [2.75, 3.05) is 13.7 Å². The van der Waals surface area contributed by atoms with Crippen LogP contribution < -0.4 is 0 Å². The number of halogens is 1. The second kappa shape index (κ2) is 4.96. The second-order valence-corrected chi connectivity index (χ2v) is 4.39. The lowest BCUT2D eigenvalue weighted by Crippen LogP contribution is -2.16. The highest BCUT2D eigenvalue weighted by Crippen LogP contribution is 2.33. The minimum absolute atomic E-state index is 0.00859. The van der Waals surface area contributed by atoms with Crippen molar-refractivity contribution in [1.29, 1.82) is 0 Å². The molecule has 1 aliphatic rings. The van der Waals surface area contributed by atoms with Crippen LogP contribution in [-0.2, 0) is 14.3 Å². The van der Waals surface area contributed by atoms with E-state index in [1.807, 2.05) is 6.92 Å². The Hall–Kier alpha value is -0.0900. The van der Waals surface area contributed by atoms with Gasteiger partial charge in [0, 0.05) is 11.9 Å². The summed E-state index contributed by atoms with van der Waals surface area (Å²) in [5, 5.41) is 0. The number of carbonyl (C=O) groups excluding carboxylic acids is 1. The van der Waals surface area contributed by atoms with E-state index in [2.05, 4.69) is 15.9 Å². The zero-order valence-corrected chi connectivity index (χ0v) is 9.54. The first-order valence-corrected chi connectivity index (χ1v) is 5.44. The molecular weight excluding hydrogens is 236 g/mol. The molecule has 0 radical (unpaired) electrons. The summed E-state index contributed by atoms with van der Waals surface area (Å²) in [6.45, 7) is 2.28. The van der Waals surface area contributed by atoms with Gasteiger partial charge in [-0.3, -0.25) is 4.79 Å². The van der Waals surface area contributed by atoms with E-state index in [1.54, 1.807) is 7.11 Å². The fourth-order valence-corrected chi connectivity index (χ4v) is 2.53. The minimum atomic E-state index is -0.0912. The topological polar surface area (TPSA) is 35.5 Å². The number of carbonyl (C=O) groups is 1. The molecule has 0 aromatic carbocycles. The van der Waals surface area contributed by atoms with Crippen molar-refractivity contribution < 1.29 is 14.3 Å². The van der Waals surface area contributed by atoms with Gasteiger partial charge in [-0.05, 0) is 19.8 Å².